The van der Waals surface area contributed by atoms with Gasteiger partial charge in [0.1, 0.15) is 0 Å². The largest absolute Gasteiger partial charge is 0.352 e. The van der Waals surface area contributed by atoms with Crippen LogP contribution in [-0.2, 0) is 11.3 Å². The van der Waals surface area contributed by atoms with Gasteiger partial charge in [0.05, 0.1) is 17.0 Å². The number of carbonyl (C=O) groups is 1. The number of benzene rings is 1. The Hall–Kier alpha value is -2.89. The molecule has 26 heavy (non-hydrogen) atoms. The Labute approximate surface area is 152 Å². The fraction of sp³-hybridized carbons (Fsp3) is 0.350. The summed E-state index contributed by atoms with van der Waals surface area (Å²) >= 11 is 0. The molecule has 0 saturated carbocycles. The van der Waals surface area contributed by atoms with Crippen LogP contribution in [0.1, 0.15) is 24.0 Å². The van der Waals surface area contributed by atoms with Crippen LogP contribution in [0, 0.1) is 12.8 Å². The zero-order chi connectivity index (χ0) is 17.9. The molecule has 4 rings (SSSR count). The van der Waals surface area contributed by atoms with Gasteiger partial charge in [0.15, 0.2) is 0 Å². The van der Waals surface area contributed by atoms with Crippen molar-refractivity contribution in [3.8, 4) is 0 Å². The topological polar surface area (TPSA) is 73.9 Å². The third kappa shape index (κ3) is 3.54. The monoisotopic (exact) mass is 349 g/mol. The minimum Gasteiger partial charge on any atom is -0.352 e. The summed E-state index contributed by atoms with van der Waals surface area (Å²) in [7, 11) is 0. The second-order valence-electron chi connectivity index (χ2n) is 6.95. The number of hydrogen-bond acceptors (Lipinski definition) is 4. The molecule has 134 valence electrons. The molecule has 1 unspecified atom stereocenters. The molecule has 1 amide bonds. The summed E-state index contributed by atoms with van der Waals surface area (Å²) in [5.74, 6) is 0.941. The maximum atomic E-state index is 12.6. The van der Waals surface area contributed by atoms with Crippen LogP contribution < -0.4 is 10.2 Å². The highest BCUT2D eigenvalue weighted by Crippen LogP contribution is 2.24. The van der Waals surface area contributed by atoms with Crippen molar-refractivity contribution in [1.29, 1.82) is 0 Å². The SMILES string of the molecule is Cc1ccc2nc(N3CCCC(C(=O)NCc4cccnc4)C3)[nH]c2c1. The number of nitrogens with one attached hydrogen (secondary N) is 2. The fourth-order valence-electron chi connectivity index (χ4n) is 3.48. The number of aromatic amines is 1. The number of carbonyl (C=O) groups excluding carboxylic acids is 1. The van der Waals surface area contributed by atoms with Crippen molar-refractivity contribution in [3.63, 3.8) is 0 Å². The second-order valence-corrected chi connectivity index (χ2v) is 6.95. The van der Waals surface area contributed by atoms with Crippen molar-refractivity contribution in [2.24, 2.45) is 5.92 Å². The van der Waals surface area contributed by atoms with Crippen LogP contribution >= 0.6 is 0 Å². The summed E-state index contributed by atoms with van der Waals surface area (Å²) in [4.78, 5) is 26.9. The quantitative estimate of drug-likeness (QED) is 0.760. The molecule has 1 fully saturated rings. The summed E-state index contributed by atoms with van der Waals surface area (Å²) in [5.41, 5.74) is 4.23. The van der Waals surface area contributed by atoms with Gasteiger partial charge >= 0.3 is 0 Å². The van der Waals surface area contributed by atoms with Crippen LogP contribution in [0.4, 0.5) is 5.95 Å². The molecule has 1 saturated heterocycles. The van der Waals surface area contributed by atoms with Crippen LogP contribution in [0.25, 0.3) is 11.0 Å². The van der Waals surface area contributed by atoms with Crippen molar-refractivity contribution in [1.82, 2.24) is 20.3 Å². The van der Waals surface area contributed by atoms with E-state index < -0.39 is 0 Å². The van der Waals surface area contributed by atoms with E-state index >= 15 is 0 Å². The molecule has 3 heterocycles. The maximum absolute atomic E-state index is 12.6. The van der Waals surface area contributed by atoms with Gasteiger partial charge in [0.2, 0.25) is 11.9 Å². The first-order valence-electron chi connectivity index (χ1n) is 9.07. The number of piperidine rings is 1. The van der Waals surface area contributed by atoms with Gasteiger partial charge in [-0.1, -0.05) is 12.1 Å². The number of amides is 1. The predicted molar refractivity (Wildman–Crippen MR) is 102 cm³/mol. The number of aromatic nitrogens is 3. The second kappa shape index (κ2) is 7.15. The van der Waals surface area contributed by atoms with Crippen molar-refractivity contribution in [2.75, 3.05) is 18.0 Å². The molecule has 1 aliphatic rings. The average molecular weight is 349 g/mol. The minimum atomic E-state index is -0.0182. The molecular formula is C20H23N5O. The molecule has 0 bridgehead atoms. The van der Waals surface area contributed by atoms with Gasteiger partial charge in [-0.25, -0.2) is 4.98 Å². The van der Waals surface area contributed by atoms with Crippen LogP contribution in [0.15, 0.2) is 42.7 Å². The van der Waals surface area contributed by atoms with Gasteiger partial charge < -0.3 is 15.2 Å². The van der Waals surface area contributed by atoms with Gasteiger partial charge in [-0.05, 0) is 49.1 Å². The Morgan fingerprint density at radius 3 is 3.15 bits per heavy atom. The molecule has 3 aromatic rings. The maximum Gasteiger partial charge on any atom is 0.225 e. The lowest BCUT2D eigenvalue weighted by Crippen LogP contribution is -2.43. The van der Waals surface area contributed by atoms with Gasteiger partial charge in [0.25, 0.3) is 0 Å². The first-order chi connectivity index (χ1) is 12.7. The molecule has 0 spiro atoms. The van der Waals surface area contributed by atoms with Gasteiger partial charge in [-0.15, -0.1) is 0 Å². The number of fused-ring (bicyclic) bond motifs is 1. The molecule has 6 nitrogen and oxygen atoms in total. The molecule has 1 atom stereocenters. The Morgan fingerprint density at radius 1 is 1.38 bits per heavy atom. The van der Waals surface area contributed by atoms with Gasteiger partial charge in [0, 0.05) is 32.0 Å². The van der Waals surface area contributed by atoms with E-state index in [1.807, 2.05) is 18.2 Å². The molecule has 6 heteroatoms. The molecular weight excluding hydrogens is 326 g/mol. The fourth-order valence-corrected chi connectivity index (χ4v) is 3.48. The normalized spacial score (nSPS) is 17.4. The summed E-state index contributed by atoms with van der Waals surface area (Å²) in [6.07, 6.45) is 5.42. The van der Waals surface area contributed by atoms with E-state index in [0.717, 1.165) is 41.9 Å². The third-order valence-electron chi connectivity index (χ3n) is 4.91. The zero-order valence-corrected chi connectivity index (χ0v) is 14.9. The highest BCUT2D eigenvalue weighted by molar-refractivity contribution is 5.80. The Kier molecular flexibility index (Phi) is 4.56. The van der Waals surface area contributed by atoms with Crippen molar-refractivity contribution >= 4 is 22.9 Å². The molecule has 0 radical (unpaired) electrons. The third-order valence-corrected chi connectivity index (χ3v) is 4.91. The predicted octanol–water partition coefficient (Wildman–Crippen LogP) is 2.80. The molecule has 1 aromatic carbocycles. The zero-order valence-electron chi connectivity index (χ0n) is 14.9. The Morgan fingerprint density at radius 2 is 2.31 bits per heavy atom. The van der Waals surface area contributed by atoms with Crippen LogP contribution in [0.3, 0.4) is 0 Å². The van der Waals surface area contributed by atoms with Crippen LogP contribution in [0.2, 0.25) is 0 Å². The van der Waals surface area contributed by atoms with Crippen molar-refractivity contribution < 1.29 is 4.79 Å². The number of imidazole rings is 1. The highest BCUT2D eigenvalue weighted by Gasteiger charge is 2.27. The smallest absolute Gasteiger partial charge is 0.225 e. The highest BCUT2D eigenvalue weighted by atomic mass is 16.1. The van der Waals surface area contributed by atoms with E-state index in [9.17, 15) is 4.79 Å². The van der Waals surface area contributed by atoms with E-state index in [2.05, 4.69) is 39.2 Å². The van der Waals surface area contributed by atoms with E-state index in [1.165, 1.54) is 5.56 Å². The van der Waals surface area contributed by atoms with Crippen LogP contribution in [-0.4, -0.2) is 33.9 Å². The lowest BCUT2D eigenvalue weighted by atomic mass is 9.97. The molecule has 0 aliphatic carbocycles. The molecule has 2 aromatic heterocycles. The molecule has 2 N–H and O–H groups in total. The number of aryl methyl sites for hydroxylation is 1. The van der Waals surface area contributed by atoms with Crippen molar-refractivity contribution in [3.05, 3.63) is 53.9 Å². The van der Waals surface area contributed by atoms with Gasteiger partial charge in [-0.2, -0.15) is 0 Å². The summed E-state index contributed by atoms with van der Waals surface area (Å²) in [6.45, 7) is 4.21. The standard InChI is InChI=1S/C20H23N5O/c1-14-6-7-17-18(10-14)24-20(23-17)25-9-3-5-16(13-25)19(26)22-12-15-4-2-8-21-11-15/h2,4,6-8,10-11,16H,3,5,9,12-13H2,1H3,(H,22,26)(H,23,24). The number of nitrogens with zero attached hydrogens (tertiary/aromatic N) is 3. The Balaban J connectivity index is 1.42. The van der Waals surface area contributed by atoms with E-state index in [4.69, 9.17) is 4.98 Å². The molecule has 1 aliphatic heterocycles. The van der Waals surface area contributed by atoms with E-state index in [0.29, 0.717) is 13.1 Å². The van der Waals surface area contributed by atoms with Gasteiger partial charge in [-0.3, -0.25) is 9.78 Å². The lowest BCUT2D eigenvalue weighted by molar-refractivity contribution is -0.125. The number of anilines is 1. The lowest BCUT2D eigenvalue weighted by Gasteiger charge is -2.31. The number of hydrogen-bond donors (Lipinski definition) is 2. The number of H-pyrrole nitrogens is 1. The first-order valence-corrected chi connectivity index (χ1v) is 9.07. The Bertz CT molecular complexity index is 905. The summed E-state index contributed by atoms with van der Waals surface area (Å²) < 4.78 is 0. The minimum absolute atomic E-state index is 0.0182. The summed E-state index contributed by atoms with van der Waals surface area (Å²) in [5, 5.41) is 3.04. The first kappa shape index (κ1) is 16.6. The van der Waals surface area contributed by atoms with E-state index in [1.54, 1.807) is 12.4 Å². The van der Waals surface area contributed by atoms with Crippen LogP contribution in [0.5, 0.6) is 0 Å². The van der Waals surface area contributed by atoms with E-state index in [-0.39, 0.29) is 11.8 Å². The number of rotatable bonds is 4. The van der Waals surface area contributed by atoms with Crippen molar-refractivity contribution in [2.45, 2.75) is 26.3 Å². The average Bonchev–Trinajstić information content (AvgIpc) is 3.10. The summed E-state index contributed by atoms with van der Waals surface area (Å²) in [6, 6.07) is 10.1. The number of pyridine rings is 1.